The summed E-state index contributed by atoms with van der Waals surface area (Å²) in [6.45, 7) is 34.3. The van der Waals surface area contributed by atoms with Crippen molar-refractivity contribution in [3.63, 3.8) is 0 Å². The molecule has 0 saturated carbocycles. The van der Waals surface area contributed by atoms with Crippen LogP contribution in [0.15, 0.2) is 169 Å². The maximum atomic E-state index is 13.7. The first-order valence-electron chi connectivity index (χ1n) is 43.6. The number of esters is 2. The van der Waals surface area contributed by atoms with Gasteiger partial charge in [-0.3, -0.25) is 48.7 Å². The van der Waals surface area contributed by atoms with E-state index in [9.17, 15) is 38.4 Å². The summed E-state index contributed by atoms with van der Waals surface area (Å²) in [4.78, 5) is 123. The first-order chi connectivity index (χ1) is 61.8. The fraction of sp³-hybridized carbons (Fsp3) is 0.370. The van der Waals surface area contributed by atoms with E-state index in [1.165, 1.54) is 7.11 Å². The molecule has 668 valence electrons. The van der Waals surface area contributed by atoms with Crippen LogP contribution in [0.4, 0.5) is 9.59 Å². The molecule has 5 heterocycles. The topological polar surface area (TPSA) is 265 Å². The summed E-state index contributed by atoms with van der Waals surface area (Å²) < 4.78 is 43.8. The van der Waals surface area contributed by atoms with Gasteiger partial charge in [0.1, 0.15) is 29.6 Å². The Morgan fingerprint density at radius 1 is 0.434 bits per heavy atom. The fourth-order valence-corrected chi connectivity index (χ4v) is 16.7. The molecule has 0 bridgehead atoms. The van der Waals surface area contributed by atoms with E-state index in [4.69, 9.17) is 37.9 Å². The van der Waals surface area contributed by atoms with E-state index in [-0.39, 0.29) is 84.7 Å². The second-order valence-corrected chi connectivity index (χ2v) is 34.0. The van der Waals surface area contributed by atoms with Crippen LogP contribution in [0.25, 0.3) is 22.3 Å². The highest BCUT2D eigenvalue weighted by Gasteiger charge is 2.43. The molecule has 1 fully saturated rings. The van der Waals surface area contributed by atoms with Gasteiger partial charge in [-0.05, 0) is 274 Å². The molecule has 0 N–H and O–H groups in total. The number of benzene rings is 4. The summed E-state index contributed by atoms with van der Waals surface area (Å²) in [7, 11) is 1.52. The molecule has 1 aliphatic heterocycles. The van der Waals surface area contributed by atoms with Crippen molar-refractivity contribution in [2.75, 3.05) is 53.4 Å². The van der Waals surface area contributed by atoms with Gasteiger partial charge in [-0.25, -0.2) is 9.59 Å². The lowest BCUT2D eigenvalue weighted by atomic mass is 9.89. The number of nitrogens with zero attached hydrogens (tertiary/aromatic N) is 5. The minimum absolute atomic E-state index is 0.00837. The van der Waals surface area contributed by atoms with Crippen LogP contribution in [0.2, 0.25) is 0 Å². The van der Waals surface area contributed by atoms with Crippen molar-refractivity contribution in [3.05, 3.63) is 281 Å². The van der Waals surface area contributed by atoms with Crippen LogP contribution in [0.1, 0.15) is 206 Å². The molecule has 5 aliphatic rings. The van der Waals surface area contributed by atoms with E-state index >= 15 is 0 Å². The molecule has 1 amide bonds. The number of hydrogen-bond donors (Lipinski definition) is 0. The SMILES string of the molecule is CC#Cc1cc(C)c(C2=C(OC(=O)CC(C)C)CC(Cc3ccccn3)C2=O)c(C)c1.CC#Cc1cc(C)c(C2=C(OC(=O)N3CCOCC3)CC(Cc3ccccn3)C2=O)c(C)c1.CC#Cc1cc(C)c(C2=C(OC(=O)OCCOC)CC(Cc3ccccn3)C2=O)c(C)c1.CC#Cc1cc(C)c(C2=C(OCOC(=O)C(C)(C)C)CC(Cc3ccccn3)C2=O)c(C)c1. The molecule has 13 rings (SSSR count). The van der Waals surface area contributed by atoms with Crippen molar-refractivity contribution in [1.29, 1.82) is 0 Å². The number of morpholine rings is 1. The van der Waals surface area contributed by atoms with E-state index in [1.807, 2.05) is 191 Å². The zero-order chi connectivity index (χ0) is 93.2. The van der Waals surface area contributed by atoms with Gasteiger partial charge < -0.3 is 42.8 Å². The minimum atomic E-state index is -0.843. The molecule has 4 unspecified atom stereocenters. The lowest BCUT2D eigenvalue weighted by Gasteiger charge is -2.26. The number of allylic oxidation sites excluding steroid dienone is 8. The quantitative estimate of drug-likeness (QED) is 0.0189. The predicted octanol–water partition coefficient (Wildman–Crippen LogP) is 18.9. The molecule has 129 heavy (non-hydrogen) atoms. The van der Waals surface area contributed by atoms with Crippen LogP contribution in [0.5, 0.6) is 0 Å². The number of Topliss-reactive ketones (excluding diaryl/α,β-unsaturated/α-hetero) is 4. The van der Waals surface area contributed by atoms with Gasteiger partial charge >= 0.3 is 24.2 Å². The van der Waals surface area contributed by atoms with Crippen LogP contribution in [0, 0.1) is 138 Å². The second-order valence-electron chi connectivity index (χ2n) is 34.0. The lowest BCUT2D eigenvalue weighted by molar-refractivity contribution is -0.162. The summed E-state index contributed by atoms with van der Waals surface area (Å²) >= 11 is 0. The van der Waals surface area contributed by atoms with Crippen molar-refractivity contribution >= 4 is 69.6 Å². The maximum Gasteiger partial charge on any atom is 0.513 e. The van der Waals surface area contributed by atoms with Gasteiger partial charge in [-0.1, -0.05) is 61.8 Å². The molecular weight excluding hydrogens is 1620 g/mol. The second kappa shape index (κ2) is 46.3. The molecule has 0 spiro atoms. The van der Waals surface area contributed by atoms with E-state index in [0.717, 1.165) is 112 Å². The number of ketones is 4. The normalized spacial score (nSPS) is 16.3. The summed E-state index contributed by atoms with van der Waals surface area (Å²) in [5, 5.41) is 0. The highest BCUT2D eigenvalue weighted by atomic mass is 16.7. The van der Waals surface area contributed by atoms with Gasteiger partial charge in [0.25, 0.3) is 0 Å². The molecule has 1 saturated heterocycles. The largest absolute Gasteiger partial charge is 0.513 e. The molecule has 4 aromatic heterocycles. The highest BCUT2D eigenvalue weighted by Crippen LogP contribution is 2.45. The Morgan fingerprint density at radius 2 is 0.744 bits per heavy atom. The van der Waals surface area contributed by atoms with Crippen molar-refractivity contribution in [2.24, 2.45) is 35.0 Å². The van der Waals surface area contributed by atoms with Gasteiger partial charge in [-0.15, -0.1) is 23.7 Å². The Kier molecular flexibility index (Phi) is 35.1. The lowest BCUT2D eigenvalue weighted by Crippen LogP contribution is -2.40. The number of amides is 1. The van der Waals surface area contributed by atoms with E-state index < -0.39 is 17.7 Å². The molecular formula is C108H115N5O16. The van der Waals surface area contributed by atoms with Gasteiger partial charge in [-0.2, -0.15) is 0 Å². The first-order valence-corrected chi connectivity index (χ1v) is 43.6. The predicted molar refractivity (Wildman–Crippen MR) is 496 cm³/mol. The zero-order valence-electron chi connectivity index (χ0n) is 77.3. The van der Waals surface area contributed by atoms with Crippen molar-refractivity contribution in [1.82, 2.24) is 24.8 Å². The van der Waals surface area contributed by atoms with Gasteiger partial charge in [0.2, 0.25) is 6.79 Å². The van der Waals surface area contributed by atoms with E-state index in [0.29, 0.717) is 129 Å². The molecule has 4 atom stereocenters. The summed E-state index contributed by atoms with van der Waals surface area (Å²) in [6.07, 6.45) is 9.46. The van der Waals surface area contributed by atoms with Crippen LogP contribution >= 0.6 is 0 Å². The van der Waals surface area contributed by atoms with Crippen LogP contribution in [-0.2, 0) is 92.3 Å². The minimum Gasteiger partial charge on any atom is -0.461 e. The Morgan fingerprint density at radius 3 is 1.04 bits per heavy atom. The number of pyridine rings is 4. The smallest absolute Gasteiger partial charge is 0.461 e. The summed E-state index contributed by atoms with van der Waals surface area (Å²) in [5.74, 6) is 24.0. The summed E-state index contributed by atoms with van der Waals surface area (Å²) in [5.41, 5.74) is 19.2. The zero-order valence-corrected chi connectivity index (χ0v) is 77.3. The molecule has 4 aliphatic carbocycles. The number of carbonyl (C=O) groups is 8. The standard InChI is InChI=1S/C28H31NO4.C27H28N2O4.C27H29NO3.C26H27NO5/c1-7-10-20-13-18(2)24(19(3)14-20)25-23(32-17-33-27(31)28(4,5)6)16-21(26(25)30)15-22-11-8-9-12-29-22;1-4-7-20-14-18(2)24(19(3)15-20)25-23(33-27(31)29-10-12-32-13-11-29)17-21(26(25)30)16-22-8-5-6-9-28-22;1-6-9-20-13-18(4)25(19(5)14-20)26-23(31-24(29)12-17(2)3)16-21(27(26)30)15-22-10-7-8-11-28-22;1-5-8-19-13-17(2)23(18(3)14-19)24-22(32-26(29)31-12-11-30-4)16-20(25(24)28)15-21-9-6-7-10-27-21/h8-9,11-14,21H,15-17H2,1-6H3;5-6,8-9,14-15,21H,10-13,16-17H2,1-3H3;7-8,10-11,13-14,17,21H,12,15-16H2,1-5H3;6-7,9-10,13-14,20H,11-12,15-16H2,1-4H3. The highest BCUT2D eigenvalue weighted by molar-refractivity contribution is 6.28. The third-order valence-electron chi connectivity index (χ3n) is 22.3. The molecule has 21 nitrogen and oxygen atoms in total. The summed E-state index contributed by atoms with van der Waals surface area (Å²) in [6, 6.07) is 38.5. The van der Waals surface area contributed by atoms with Crippen LogP contribution in [0.3, 0.4) is 0 Å². The number of rotatable bonds is 23. The third-order valence-corrected chi connectivity index (χ3v) is 22.3. The van der Waals surface area contributed by atoms with Crippen LogP contribution in [-0.4, -0.2) is 126 Å². The number of carbonyl (C=O) groups excluding carboxylic acids is 8. The van der Waals surface area contributed by atoms with E-state index in [2.05, 4.69) is 67.3 Å². The number of ether oxygens (including phenoxy) is 8. The molecule has 8 aromatic rings. The van der Waals surface area contributed by atoms with Crippen LogP contribution < -0.4 is 0 Å². The first kappa shape index (κ1) is 97.7. The third kappa shape index (κ3) is 26.2. The average molecular weight is 1740 g/mol. The molecule has 0 radical (unpaired) electrons. The van der Waals surface area contributed by atoms with Crippen molar-refractivity contribution in [3.8, 4) is 47.4 Å². The van der Waals surface area contributed by atoms with Crippen molar-refractivity contribution in [2.45, 2.75) is 175 Å². The Balaban J connectivity index is 0.000000179. The Labute approximate surface area is 758 Å². The monoisotopic (exact) mass is 1740 g/mol. The van der Waals surface area contributed by atoms with E-state index in [1.54, 1.807) is 78.2 Å². The molecule has 4 aromatic carbocycles. The Hall–Kier alpha value is -13.4. The number of aryl methyl sites for hydroxylation is 8. The number of aromatic nitrogens is 4. The Bertz CT molecular complexity index is 5830. The fourth-order valence-electron chi connectivity index (χ4n) is 16.7. The van der Waals surface area contributed by atoms with Crippen molar-refractivity contribution < 1.29 is 76.3 Å². The average Bonchev–Trinajstić information content (AvgIpc) is 1.65. The number of hydrogen-bond acceptors (Lipinski definition) is 20. The van der Waals surface area contributed by atoms with Gasteiger partial charge in [0.15, 0.2) is 23.1 Å². The van der Waals surface area contributed by atoms with Gasteiger partial charge in [0.05, 0.1) is 47.5 Å². The molecule has 21 heteroatoms. The maximum absolute atomic E-state index is 13.7. The van der Waals surface area contributed by atoms with Gasteiger partial charge in [0, 0.05) is 171 Å². The number of methoxy groups -OCH3 is 1.